The van der Waals surface area contributed by atoms with Crippen molar-refractivity contribution in [1.29, 1.82) is 0 Å². The highest BCUT2D eigenvalue weighted by Gasteiger charge is 2.28. The summed E-state index contributed by atoms with van der Waals surface area (Å²) in [5.41, 5.74) is 0.263. The minimum Gasteiger partial charge on any atom is -0.481 e. The van der Waals surface area contributed by atoms with E-state index in [2.05, 4.69) is 10.1 Å². The molecule has 2 aromatic rings. The summed E-state index contributed by atoms with van der Waals surface area (Å²) in [6.07, 6.45) is 2.90. The molecule has 1 N–H and O–H groups in total. The molecule has 3 rings (SSSR count). The van der Waals surface area contributed by atoms with Crippen LogP contribution in [0.5, 0.6) is 0 Å². The van der Waals surface area contributed by atoms with Gasteiger partial charge < -0.3 is 10.0 Å². The van der Waals surface area contributed by atoms with Gasteiger partial charge >= 0.3 is 5.97 Å². The fraction of sp³-hybridized carbons (Fsp3) is 0.474. The molecule has 0 spiro atoms. The fourth-order valence-corrected chi connectivity index (χ4v) is 3.43. The van der Waals surface area contributed by atoms with Crippen molar-refractivity contribution in [2.75, 3.05) is 13.1 Å². The maximum Gasteiger partial charge on any atom is 0.303 e. The number of carboxylic acid groups (broad SMARTS) is 1. The molecule has 0 aliphatic carbocycles. The minimum atomic E-state index is -0.823. The molecule has 144 valence electrons. The van der Waals surface area contributed by atoms with E-state index in [0.717, 1.165) is 12.8 Å². The molecule has 7 nitrogen and oxygen atoms in total. The van der Waals surface area contributed by atoms with Crippen LogP contribution in [0.3, 0.4) is 0 Å². The van der Waals surface area contributed by atoms with Crippen LogP contribution in [0.2, 0.25) is 0 Å². The Hall–Kier alpha value is -2.77. The lowest BCUT2D eigenvalue weighted by atomic mass is 9.93. The zero-order valence-electron chi connectivity index (χ0n) is 15.3. The lowest BCUT2D eigenvalue weighted by Crippen LogP contribution is -2.40. The molecule has 1 aliphatic heterocycles. The van der Waals surface area contributed by atoms with E-state index in [1.54, 1.807) is 23.1 Å². The van der Waals surface area contributed by atoms with E-state index in [9.17, 15) is 14.0 Å². The van der Waals surface area contributed by atoms with Crippen molar-refractivity contribution in [1.82, 2.24) is 19.7 Å². The number of hydrogen-bond acceptors (Lipinski definition) is 4. The van der Waals surface area contributed by atoms with Crippen molar-refractivity contribution in [3.05, 3.63) is 41.7 Å². The first kappa shape index (κ1) is 19.0. The summed E-state index contributed by atoms with van der Waals surface area (Å²) in [5.74, 6) is -0.811. The zero-order chi connectivity index (χ0) is 19.4. The van der Waals surface area contributed by atoms with Gasteiger partial charge in [0.05, 0.1) is 0 Å². The second-order valence-electron chi connectivity index (χ2n) is 6.76. The molecule has 1 unspecified atom stereocenters. The molecule has 1 saturated heterocycles. The van der Waals surface area contributed by atoms with Crippen LogP contribution < -0.4 is 0 Å². The van der Waals surface area contributed by atoms with Gasteiger partial charge in [-0.3, -0.25) is 9.59 Å². The van der Waals surface area contributed by atoms with E-state index >= 15 is 0 Å². The number of halogens is 1. The average Bonchev–Trinajstić information content (AvgIpc) is 3.10. The molecule has 1 amide bonds. The van der Waals surface area contributed by atoms with Crippen molar-refractivity contribution in [3.63, 3.8) is 0 Å². The predicted molar refractivity (Wildman–Crippen MR) is 96.2 cm³/mol. The van der Waals surface area contributed by atoms with Crippen LogP contribution in [0, 0.1) is 11.7 Å². The van der Waals surface area contributed by atoms with Gasteiger partial charge in [-0.15, -0.1) is 5.10 Å². The predicted octanol–water partition coefficient (Wildman–Crippen LogP) is 2.69. The van der Waals surface area contributed by atoms with Gasteiger partial charge in [-0.1, -0.05) is 19.1 Å². The molecule has 0 saturated carbocycles. The molecule has 27 heavy (non-hydrogen) atoms. The SMILES string of the molecule is CCc1nc(C(=O)N2CCCC(CCC(=O)O)C2)nn1-c1ccccc1F. The van der Waals surface area contributed by atoms with Gasteiger partial charge in [-0.05, 0) is 37.3 Å². The second-order valence-corrected chi connectivity index (χ2v) is 6.76. The summed E-state index contributed by atoms with van der Waals surface area (Å²) >= 11 is 0. The standard InChI is InChI=1S/C19H23FN4O3/c1-2-16-21-18(22-24(16)15-8-4-3-7-14(15)20)19(27)23-11-5-6-13(12-23)9-10-17(25)26/h3-4,7-8,13H,2,5-6,9-12H2,1H3,(H,25,26). The number of aliphatic carboxylic acids is 1. The molecular weight excluding hydrogens is 351 g/mol. The molecule has 1 aliphatic rings. The Kier molecular flexibility index (Phi) is 5.83. The minimum absolute atomic E-state index is 0.0500. The smallest absolute Gasteiger partial charge is 0.303 e. The fourth-order valence-electron chi connectivity index (χ4n) is 3.43. The van der Waals surface area contributed by atoms with E-state index < -0.39 is 11.8 Å². The third-order valence-corrected chi connectivity index (χ3v) is 4.83. The number of benzene rings is 1. The third-order valence-electron chi connectivity index (χ3n) is 4.83. The van der Waals surface area contributed by atoms with Crippen LogP contribution in [0.15, 0.2) is 24.3 Å². The summed E-state index contributed by atoms with van der Waals surface area (Å²) in [4.78, 5) is 29.6. The van der Waals surface area contributed by atoms with E-state index in [1.807, 2.05) is 6.92 Å². The van der Waals surface area contributed by atoms with E-state index in [1.165, 1.54) is 10.7 Å². The number of nitrogens with zero attached hydrogens (tertiary/aromatic N) is 4. The zero-order valence-corrected chi connectivity index (χ0v) is 15.3. The van der Waals surface area contributed by atoms with E-state index in [4.69, 9.17) is 5.11 Å². The van der Waals surface area contributed by atoms with Crippen LogP contribution in [0.4, 0.5) is 4.39 Å². The van der Waals surface area contributed by atoms with Gasteiger partial charge in [0.2, 0.25) is 5.82 Å². The lowest BCUT2D eigenvalue weighted by Gasteiger charge is -2.31. The Morgan fingerprint density at radius 1 is 1.33 bits per heavy atom. The van der Waals surface area contributed by atoms with Gasteiger partial charge in [-0.2, -0.15) is 0 Å². The molecule has 8 heteroatoms. The first-order chi connectivity index (χ1) is 13.0. The van der Waals surface area contributed by atoms with Gasteiger partial charge in [0.1, 0.15) is 17.3 Å². The highest BCUT2D eigenvalue weighted by Crippen LogP contribution is 2.22. The Morgan fingerprint density at radius 3 is 2.81 bits per heavy atom. The number of rotatable bonds is 6. The quantitative estimate of drug-likeness (QED) is 0.840. The Bertz CT molecular complexity index is 836. The van der Waals surface area contributed by atoms with Crippen LogP contribution in [-0.4, -0.2) is 49.7 Å². The van der Waals surface area contributed by atoms with Crippen molar-refractivity contribution in [2.24, 2.45) is 5.92 Å². The molecule has 1 aromatic carbocycles. The number of aromatic nitrogens is 3. The number of carbonyl (C=O) groups excluding carboxylic acids is 1. The normalized spacial score (nSPS) is 17.1. The highest BCUT2D eigenvalue weighted by atomic mass is 19.1. The van der Waals surface area contributed by atoms with E-state index in [0.29, 0.717) is 31.8 Å². The van der Waals surface area contributed by atoms with Crippen molar-refractivity contribution >= 4 is 11.9 Å². The summed E-state index contributed by atoms with van der Waals surface area (Å²) < 4.78 is 15.5. The van der Waals surface area contributed by atoms with Crippen molar-refractivity contribution in [2.45, 2.75) is 39.0 Å². The monoisotopic (exact) mass is 374 g/mol. The molecule has 1 fully saturated rings. The molecule has 0 bridgehead atoms. The van der Waals surface area contributed by atoms with Gasteiger partial charge in [-0.25, -0.2) is 14.1 Å². The van der Waals surface area contributed by atoms with Gasteiger partial charge in [0.15, 0.2) is 0 Å². The Balaban J connectivity index is 1.79. The average molecular weight is 374 g/mol. The van der Waals surface area contributed by atoms with Crippen molar-refractivity contribution in [3.8, 4) is 5.69 Å². The highest BCUT2D eigenvalue weighted by molar-refractivity contribution is 5.90. The van der Waals surface area contributed by atoms with Gasteiger partial charge in [0.25, 0.3) is 5.91 Å². The summed E-state index contributed by atoms with van der Waals surface area (Å²) in [7, 11) is 0. The number of likely N-dealkylation sites (tertiary alicyclic amines) is 1. The van der Waals surface area contributed by atoms with E-state index in [-0.39, 0.29) is 29.8 Å². The van der Waals surface area contributed by atoms with Crippen LogP contribution in [-0.2, 0) is 11.2 Å². The van der Waals surface area contributed by atoms with Gasteiger partial charge in [0, 0.05) is 25.9 Å². The molecule has 1 aromatic heterocycles. The second kappa shape index (κ2) is 8.28. The van der Waals surface area contributed by atoms with Crippen molar-refractivity contribution < 1.29 is 19.1 Å². The number of carbonyl (C=O) groups is 2. The lowest BCUT2D eigenvalue weighted by molar-refractivity contribution is -0.137. The maximum absolute atomic E-state index is 14.1. The third kappa shape index (κ3) is 4.32. The van der Waals surface area contributed by atoms with Crippen LogP contribution in [0.25, 0.3) is 5.69 Å². The molecule has 0 radical (unpaired) electrons. The maximum atomic E-state index is 14.1. The Morgan fingerprint density at radius 2 is 2.11 bits per heavy atom. The molecular formula is C19H23FN4O3. The van der Waals surface area contributed by atoms with Crippen LogP contribution >= 0.6 is 0 Å². The number of amides is 1. The Labute approximate surface area is 156 Å². The molecule has 2 heterocycles. The summed E-state index contributed by atoms with van der Waals surface area (Å²) in [5, 5.41) is 13.1. The number of para-hydroxylation sites is 1. The number of aryl methyl sites for hydroxylation is 1. The number of carboxylic acids is 1. The largest absolute Gasteiger partial charge is 0.481 e. The first-order valence-corrected chi connectivity index (χ1v) is 9.21. The number of piperidine rings is 1. The molecule has 1 atom stereocenters. The number of hydrogen-bond donors (Lipinski definition) is 1. The topological polar surface area (TPSA) is 88.3 Å². The van der Waals surface area contributed by atoms with Crippen LogP contribution in [0.1, 0.15) is 49.1 Å². The first-order valence-electron chi connectivity index (χ1n) is 9.21. The summed E-state index contributed by atoms with van der Waals surface area (Å²) in [6.45, 7) is 2.97. The summed E-state index contributed by atoms with van der Waals surface area (Å²) in [6, 6.07) is 6.24.